The zero-order valence-corrected chi connectivity index (χ0v) is 18.1. The number of methoxy groups -OCH3 is 2. The molecular formula is C23H22ClNO6. The van der Waals surface area contributed by atoms with Gasteiger partial charge >= 0.3 is 17.9 Å². The molecule has 3 rings (SSSR count). The summed E-state index contributed by atoms with van der Waals surface area (Å²) < 4.78 is 15.2. The Labute approximate surface area is 185 Å². The number of hydrogen-bond acceptors (Lipinski definition) is 7. The van der Waals surface area contributed by atoms with Crippen LogP contribution < -0.4 is 4.90 Å². The molecule has 1 aliphatic rings. The second-order valence-corrected chi connectivity index (χ2v) is 7.10. The van der Waals surface area contributed by atoms with Gasteiger partial charge in [-0.1, -0.05) is 41.9 Å². The molecular weight excluding hydrogens is 422 g/mol. The predicted molar refractivity (Wildman–Crippen MR) is 115 cm³/mol. The first-order valence-electron chi connectivity index (χ1n) is 9.60. The number of esters is 3. The van der Waals surface area contributed by atoms with Crippen LogP contribution in [0.5, 0.6) is 0 Å². The third-order valence-corrected chi connectivity index (χ3v) is 5.21. The summed E-state index contributed by atoms with van der Waals surface area (Å²) in [5, 5.41) is 0.501. The van der Waals surface area contributed by atoms with E-state index in [4.69, 9.17) is 25.8 Å². The highest BCUT2D eigenvalue weighted by Gasteiger charge is 2.51. The van der Waals surface area contributed by atoms with E-state index in [9.17, 15) is 14.4 Å². The van der Waals surface area contributed by atoms with Crippen LogP contribution in [0.4, 0.5) is 5.69 Å². The second kappa shape index (κ2) is 9.66. The molecule has 2 atom stereocenters. The van der Waals surface area contributed by atoms with Crippen LogP contribution in [0.3, 0.4) is 0 Å². The van der Waals surface area contributed by atoms with Crippen molar-refractivity contribution in [2.45, 2.75) is 19.0 Å². The van der Waals surface area contributed by atoms with E-state index >= 15 is 0 Å². The molecule has 8 heteroatoms. The molecule has 31 heavy (non-hydrogen) atoms. The van der Waals surface area contributed by atoms with Gasteiger partial charge in [0.25, 0.3) is 0 Å². The lowest BCUT2D eigenvalue weighted by molar-refractivity contribution is -0.146. The molecule has 0 unspecified atom stereocenters. The van der Waals surface area contributed by atoms with E-state index in [0.29, 0.717) is 16.3 Å². The fourth-order valence-corrected chi connectivity index (χ4v) is 3.84. The van der Waals surface area contributed by atoms with E-state index in [1.807, 2.05) is 6.07 Å². The van der Waals surface area contributed by atoms with Crippen molar-refractivity contribution in [3.8, 4) is 0 Å². The van der Waals surface area contributed by atoms with Crippen LogP contribution in [0.1, 0.15) is 18.5 Å². The zero-order valence-electron chi connectivity index (χ0n) is 17.3. The molecule has 7 nitrogen and oxygen atoms in total. The second-order valence-electron chi connectivity index (χ2n) is 6.66. The van der Waals surface area contributed by atoms with E-state index in [-0.39, 0.29) is 17.8 Å². The van der Waals surface area contributed by atoms with Gasteiger partial charge in [-0.3, -0.25) is 0 Å². The molecule has 2 aromatic carbocycles. The molecule has 0 fully saturated rings. The molecule has 162 valence electrons. The van der Waals surface area contributed by atoms with Crippen molar-refractivity contribution in [2.24, 2.45) is 0 Å². The van der Waals surface area contributed by atoms with Gasteiger partial charge in [-0.05, 0) is 36.8 Å². The topological polar surface area (TPSA) is 82.1 Å². The molecule has 0 saturated heterocycles. The van der Waals surface area contributed by atoms with Crippen LogP contribution in [0.2, 0.25) is 5.02 Å². The minimum Gasteiger partial charge on any atom is -0.466 e. The van der Waals surface area contributed by atoms with E-state index in [1.54, 1.807) is 60.4 Å². The highest BCUT2D eigenvalue weighted by atomic mass is 35.5. The number of carbonyl (C=O) groups excluding carboxylic acids is 3. The van der Waals surface area contributed by atoms with Gasteiger partial charge in [-0.15, -0.1) is 0 Å². The van der Waals surface area contributed by atoms with Crippen molar-refractivity contribution < 1.29 is 28.6 Å². The molecule has 0 bridgehead atoms. The highest BCUT2D eigenvalue weighted by molar-refractivity contribution is 6.30. The van der Waals surface area contributed by atoms with Crippen LogP contribution in [-0.4, -0.2) is 44.8 Å². The summed E-state index contributed by atoms with van der Waals surface area (Å²) in [7, 11) is 2.41. The van der Waals surface area contributed by atoms with Crippen molar-refractivity contribution in [1.82, 2.24) is 0 Å². The van der Waals surface area contributed by atoms with Crippen LogP contribution in [-0.2, 0) is 28.6 Å². The largest absolute Gasteiger partial charge is 0.466 e. The highest BCUT2D eigenvalue weighted by Crippen LogP contribution is 2.45. The number of nitrogens with zero attached hydrogens (tertiary/aromatic N) is 1. The number of anilines is 1. The van der Waals surface area contributed by atoms with Gasteiger partial charge in [0.05, 0.1) is 38.0 Å². The summed E-state index contributed by atoms with van der Waals surface area (Å²) in [5.41, 5.74) is 1.16. The smallest absolute Gasteiger partial charge is 0.337 e. The van der Waals surface area contributed by atoms with Crippen LogP contribution in [0, 0.1) is 0 Å². The lowest BCUT2D eigenvalue weighted by Gasteiger charge is -2.33. The van der Waals surface area contributed by atoms with Gasteiger partial charge in [-0.2, -0.15) is 0 Å². The van der Waals surface area contributed by atoms with Gasteiger partial charge < -0.3 is 19.1 Å². The Morgan fingerprint density at radius 1 is 0.903 bits per heavy atom. The summed E-state index contributed by atoms with van der Waals surface area (Å²) >= 11 is 6.05. The lowest BCUT2D eigenvalue weighted by Crippen LogP contribution is -2.42. The number of halogens is 1. The maximum Gasteiger partial charge on any atom is 0.337 e. The normalized spacial score (nSPS) is 18.0. The van der Waals surface area contributed by atoms with Crippen molar-refractivity contribution in [2.75, 3.05) is 25.7 Å². The summed E-state index contributed by atoms with van der Waals surface area (Å²) in [6, 6.07) is 13.8. The number of rotatable bonds is 6. The van der Waals surface area contributed by atoms with Crippen molar-refractivity contribution in [3.63, 3.8) is 0 Å². The van der Waals surface area contributed by atoms with E-state index < -0.39 is 30.0 Å². The Morgan fingerprint density at radius 3 is 2.03 bits per heavy atom. The molecule has 0 aliphatic carbocycles. The molecule has 1 aliphatic heterocycles. The maximum atomic E-state index is 13.1. The van der Waals surface area contributed by atoms with Gasteiger partial charge in [0, 0.05) is 10.7 Å². The quantitative estimate of drug-likeness (QED) is 0.499. The third-order valence-electron chi connectivity index (χ3n) is 4.95. The van der Waals surface area contributed by atoms with Crippen molar-refractivity contribution in [3.05, 3.63) is 76.3 Å². The predicted octanol–water partition coefficient (Wildman–Crippen LogP) is 3.48. The number of carbonyl (C=O) groups is 3. The van der Waals surface area contributed by atoms with E-state index in [2.05, 4.69) is 0 Å². The molecule has 0 saturated carbocycles. The molecule has 2 aromatic rings. The number of benzene rings is 2. The Balaban J connectivity index is 2.33. The monoisotopic (exact) mass is 443 g/mol. The molecule has 1 heterocycles. The average molecular weight is 444 g/mol. The Bertz CT molecular complexity index is 1000. The van der Waals surface area contributed by atoms with Crippen molar-refractivity contribution >= 4 is 35.2 Å². The molecule has 0 amide bonds. The lowest BCUT2D eigenvalue weighted by atomic mass is 9.96. The molecule has 0 radical (unpaired) electrons. The van der Waals surface area contributed by atoms with Gasteiger partial charge in [0.1, 0.15) is 0 Å². The summed E-state index contributed by atoms with van der Waals surface area (Å²) in [6.07, 6.45) is 0. The molecule has 0 aromatic heterocycles. The Hall–Kier alpha value is -3.32. The van der Waals surface area contributed by atoms with E-state index in [0.717, 1.165) is 0 Å². The fourth-order valence-electron chi connectivity index (χ4n) is 3.71. The minimum absolute atomic E-state index is 0.0218. The van der Waals surface area contributed by atoms with Gasteiger partial charge in [0.15, 0.2) is 6.04 Å². The first-order valence-corrected chi connectivity index (χ1v) is 9.98. The van der Waals surface area contributed by atoms with Crippen LogP contribution in [0.25, 0.3) is 0 Å². The SMILES string of the molecule is CCOC(=O)[C@@H]1C(C(=O)OC)=C(C(=O)OC)[C@@H](c2ccccc2)N1c1ccc(Cl)cc1. The van der Waals surface area contributed by atoms with Crippen molar-refractivity contribution in [1.29, 1.82) is 0 Å². The zero-order chi connectivity index (χ0) is 22.5. The Kier molecular flexibility index (Phi) is 6.97. The van der Waals surface area contributed by atoms with Gasteiger partial charge in [-0.25, -0.2) is 14.4 Å². The average Bonchev–Trinajstić information content (AvgIpc) is 3.15. The number of hydrogen-bond donors (Lipinski definition) is 0. The van der Waals surface area contributed by atoms with E-state index in [1.165, 1.54) is 14.2 Å². The number of ether oxygens (including phenoxy) is 3. The van der Waals surface area contributed by atoms with Gasteiger partial charge in [0.2, 0.25) is 0 Å². The first kappa shape index (κ1) is 22.4. The van der Waals surface area contributed by atoms with Crippen LogP contribution >= 0.6 is 11.6 Å². The molecule has 0 N–H and O–H groups in total. The Morgan fingerprint density at radius 2 is 1.48 bits per heavy atom. The minimum atomic E-state index is -1.21. The summed E-state index contributed by atoms with van der Waals surface area (Å²) in [5.74, 6) is -2.23. The first-order chi connectivity index (χ1) is 14.9. The third kappa shape index (κ3) is 4.27. The molecule has 0 spiro atoms. The summed E-state index contributed by atoms with van der Waals surface area (Å²) in [6.45, 7) is 1.76. The van der Waals surface area contributed by atoms with Crippen LogP contribution in [0.15, 0.2) is 65.7 Å². The maximum absolute atomic E-state index is 13.1. The standard InChI is InChI=1S/C23H22ClNO6/c1-4-31-23(28)20-18(22(27)30-3)17(21(26)29-2)19(14-8-6-5-7-9-14)25(20)16-12-10-15(24)11-13-16/h5-13,19-20H,4H2,1-3H3/t19-,20+/m1/s1. The summed E-state index contributed by atoms with van der Waals surface area (Å²) in [4.78, 5) is 40.5. The fraction of sp³-hybridized carbons (Fsp3) is 0.261.